The van der Waals surface area contributed by atoms with Gasteiger partial charge in [-0.3, -0.25) is 19.3 Å². The minimum Gasteiger partial charge on any atom is -0.285 e. The first-order chi connectivity index (χ1) is 14.3. The summed E-state index contributed by atoms with van der Waals surface area (Å²) >= 11 is 5.86. The first kappa shape index (κ1) is 20.0. The molecule has 0 unspecified atom stereocenters. The van der Waals surface area contributed by atoms with Gasteiger partial charge in [-0.1, -0.05) is 17.5 Å². The molecule has 6 nitrogen and oxygen atoms in total. The molecule has 0 aromatic carbocycles. The first-order valence-corrected chi connectivity index (χ1v) is 9.41. The summed E-state index contributed by atoms with van der Waals surface area (Å²) in [6.07, 6.45) is 9.66. The van der Waals surface area contributed by atoms with Crippen LogP contribution in [0.3, 0.4) is 0 Å². The molecule has 152 valence electrons. The molecule has 30 heavy (non-hydrogen) atoms. The van der Waals surface area contributed by atoms with E-state index < -0.39 is 22.7 Å². The van der Waals surface area contributed by atoms with Crippen LogP contribution in [0.25, 0.3) is 16.9 Å². The molecule has 0 bridgehead atoms. The predicted molar refractivity (Wildman–Crippen MR) is 108 cm³/mol. The second-order valence-corrected chi connectivity index (χ2v) is 7.46. The van der Waals surface area contributed by atoms with Crippen molar-refractivity contribution in [3.05, 3.63) is 73.7 Å². The first-order valence-electron chi connectivity index (χ1n) is 9.03. The summed E-state index contributed by atoms with van der Waals surface area (Å²) in [5.74, 6) is 1.63. The van der Waals surface area contributed by atoms with Gasteiger partial charge in [0.2, 0.25) is 0 Å². The number of alkyl halides is 1. The maximum atomic E-state index is 14.5. The molecule has 1 fully saturated rings. The molecule has 1 aliphatic rings. The van der Waals surface area contributed by atoms with Gasteiger partial charge in [0.25, 0.3) is 5.56 Å². The minimum atomic E-state index is -1.50. The van der Waals surface area contributed by atoms with Gasteiger partial charge in [0.1, 0.15) is 5.67 Å². The summed E-state index contributed by atoms with van der Waals surface area (Å²) in [5.41, 5.74) is -2.16. The van der Waals surface area contributed by atoms with Crippen molar-refractivity contribution in [2.75, 3.05) is 0 Å². The molecule has 0 amide bonds. The van der Waals surface area contributed by atoms with Gasteiger partial charge < -0.3 is 0 Å². The highest BCUT2D eigenvalue weighted by Gasteiger charge is 2.45. The molecule has 1 saturated carbocycles. The Kier molecular flexibility index (Phi) is 4.79. The van der Waals surface area contributed by atoms with Crippen LogP contribution >= 0.6 is 11.6 Å². The summed E-state index contributed by atoms with van der Waals surface area (Å²) in [7, 11) is 0. The zero-order valence-corrected chi connectivity index (χ0v) is 16.6. The number of rotatable bonds is 4. The van der Waals surface area contributed by atoms with Gasteiger partial charge in [0.05, 0.1) is 40.9 Å². The van der Waals surface area contributed by atoms with Gasteiger partial charge in [0.15, 0.2) is 5.82 Å². The van der Waals surface area contributed by atoms with Crippen LogP contribution in [-0.4, -0.2) is 19.1 Å². The molecule has 1 aliphatic carbocycles. The maximum Gasteiger partial charge on any atom is 0.336 e. The zero-order valence-electron chi connectivity index (χ0n) is 15.8. The Morgan fingerprint density at radius 2 is 2.00 bits per heavy atom. The van der Waals surface area contributed by atoms with E-state index in [1.54, 1.807) is 0 Å². The average Bonchev–Trinajstić information content (AvgIpc) is 3.47. The van der Waals surface area contributed by atoms with Gasteiger partial charge >= 0.3 is 5.69 Å². The standard InChI is InChI=1S/C21H15ClF2N4O2/c1-3-6-27-12(2)18(17-8-15(22)16(23)11-26-17)19(29)28(20(27)30)14-7-13(9-25-10-14)21(24)4-5-21/h1,7-11H,4-6H2,2H3. The van der Waals surface area contributed by atoms with E-state index >= 15 is 0 Å². The SMILES string of the molecule is C#CCn1c(C)c(-c2cc(Cl)c(F)cn2)c(=O)n(-c2cncc(C3(F)CC3)c2)c1=O. The monoisotopic (exact) mass is 428 g/mol. The molecule has 0 saturated heterocycles. The second-order valence-electron chi connectivity index (χ2n) is 7.05. The molecule has 9 heteroatoms. The summed E-state index contributed by atoms with van der Waals surface area (Å²) in [6.45, 7) is 1.42. The van der Waals surface area contributed by atoms with E-state index in [-0.39, 0.29) is 34.2 Å². The fraction of sp³-hybridized carbons (Fsp3) is 0.238. The fourth-order valence-electron chi connectivity index (χ4n) is 3.30. The van der Waals surface area contributed by atoms with E-state index in [4.69, 9.17) is 18.0 Å². The lowest BCUT2D eigenvalue weighted by molar-refractivity contribution is 0.316. The fourth-order valence-corrected chi connectivity index (χ4v) is 3.45. The predicted octanol–water partition coefficient (Wildman–Crippen LogP) is 3.15. The highest BCUT2D eigenvalue weighted by atomic mass is 35.5. The molecule has 0 aliphatic heterocycles. The van der Waals surface area contributed by atoms with Crippen LogP contribution in [-0.2, 0) is 12.2 Å². The third-order valence-corrected chi connectivity index (χ3v) is 5.40. The van der Waals surface area contributed by atoms with E-state index in [1.807, 2.05) is 0 Å². The average molecular weight is 429 g/mol. The largest absolute Gasteiger partial charge is 0.336 e. The van der Waals surface area contributed by atoms with Crippen molar-refractivity contribution in [1.29, 1.82) is 0 Å². The van der Waals surface area contributed by atoms with E-state index in [0.717, 1.165) is 10.8 Å². The highest BCUT2D eigenvalue weighted by Crippen LogP contribution is 2.49. The van der Waals surface area contributed by atoms with Gasteiger partial charge in [-0.05, 0) is 31.9 Å². The number of terminal acetylenes is 1. The molecule has 3 aromatic heterocycles. The number of halogens is 3. The van der Waals surface area contributed by atoms with Gasteiger partial charge in [0, 0.05) is 17.5 Å². The Balaban J connectivity index is 2.03. The molecular formula is C21H15ClF2N4O2. The Bertz CT molecular complexity index is 1340. The van der Waals surface area contributed by atoms with Crippen molar-refractivity contribution < 1.29 is 8.78 Å². The van der Waals surface area contributed by atoms with Crippen molar-refractivity contribution in [1.82, 2.24) is 19.1 Å². The molecule has 3 heterocycles. The number of aromatic nitrogens is 4. The normalized spacial score (nSPS) is 14.4. The van der Waals surface area contributed by atoms with E-state index in [0.29, 0.717) is 18.4 Å². The molecule has 3 aromatic rings. The van der Waals surface area contributed by atoms with Crippen LogP contribution < -0.4 is 11.2 Å². The Hall–Kier alpha value is -3.31. The van der Waals surface area contributed by atoms with Gasteiger partial charge in [-0.25, -0.2) is 18.1 Å². The number of pyridine rings is 2. The summed E-state index contributed by atoms with van der Waals surface area (Å²) in [6, 6.07) is 2.62. The topological polar surface area (TPSA) is 69.8 Å². The number of hydrogen-bond donors (Lipinski definition) is 0. The van der Waals surface area contributed by atoms with Crippen LogP contribution in [0.4, 0.5) is 8.78 Å². The molecule has 0 atom stereocenters. The summed E-state index contributed by atoms with van der Waals surface area (Å²) in [4.78, 5) is 34.4. The van der Waals surface area contributed by atoms with E-state index in [2.05, 4.69) is 15.9 Å². The Morgan fingerprint density at radius 3 is 2.63 bits per heavy atom. The van der Waals surface area contributed by atoms with Crippen LogP contribution in [0.15, 0.2) is 40.3 Å². The molecule has 0 spiro atoms. The lowest BCUT2D eigenvalue weighted by Gasteiger charge is -2.16. The summed E-state index contributed by atoms with van der Waals surface area (Å²) < 4.78 is 30.2. The highest BCUT2D eigenvalue weighted by molar-refractivity contribution is 6.30. The molecule has 0 N–H and O–H groups in total. The second kappa shape index (κ2) is 7.18. The van der Waals surface area contributed by atoms with Crippen molar-refractivity contribution in [3.8, 4) is 29.3 Å². The molecule has 0 radical (unpaired) electrons. The van der Waals surface area contributed by atoms with Crippen molar-refractivity contribution in [2.24, 2.45) is 0 Å². The Labute approximate surface area is 174 Å². The zero-order chi connectivity index (χ0) is 21.6. The third-order valence-electron chi connectivity index (χ3n) is 5.11. The van der Waals surface area contributed by atoms with Gasteiger partial charge in [-0.2, -0.15) is 0 Å². The van der Waals surface area contributed by atoms with Crippen molar-refractivity contribution in [3.63, 3.8) is 0 Å². The maximum absolute atomic E-state index is 14.5. The quantitative estimate of drug-likeness (QED) is 0.599. The lowest BCUT2D eigenvalue weighted by Crippen LogP contribution is -2.41. The van der Waals surface area contributed by atoms with Crippen molar-refractivity contribution >= 4 is 11.6 Å². The van der Waals surface area contributed by atoms with Crippen LogP contribution in [0, 0.1) is 25.1 Å². The lowest BCUT2D eigenvalue weighted by atomic mass is 10.1. The van der Waals surface area contributed by atoms with Crippen LogP contribution in [0.5, 0.6) is 0 Å². The molecular weight excluding hydrogens is 414 g/mol. The third kappa shape index (κ3) is 3.21. The van der Waals surface area contributed by atoms with Gasteiger partial charge in [-0.15, -0.1) is 6.42 Å². The number of hydrogen-bond acceptors (Lipinski definition) is 4. The van der Waals surface area contributed by atoms with Crippen LogP contribution in [0.1, 0.15) is 24.1 Å². The van der Waals surface area contributed by atoms with Crippen molar-refractivity contribution in [2.45, 2.75) is 32.0 Å². The Morgan fingerprint density at radius 1 is 1.27 bits per heavy atom. The number of nitrogens with zero attached hydrogens (tertiary/aromatic N) is 4. The van der Waals surface area contributed by atoms with E-state index in [1.165, 1.54) is 36.0 Å². The van der Waals surface area contributed by atoms with E-state index in [9.17, 15) is 18.4 Å². The minimum absolute atomic E-state index is 0.0264. The summed E-state index contributed by atoms with van der Waals surface area (Å²) in [5, 5.41) is -0.225. The smallest absolute Gasteiger partial charge is 0.285 e. The molecule has 4 rings (SSSR count). The van der Waals surface area contributed by atoms with Crippen LogP contribution in [0.2, 0.25) is 5.02 Å².